The van der Waals surface area contributed by atoms with Crippen LogP contribution in [0.3, 0.4) is 0 Å². The molecule has 1 spiro atoms. The normalized spacial score (nSPS) is 25.9. The number of phenolic OH excluding ortho intramolecular Hbond substituents is 1. The van der Waals surface area contributed by atoms with E-state index in [4.69, 9.17) is 17.0 Å². The van der Waals surface area contributed by atoms with Crippen molar-refractivity contribution >= 4 is 17.3 Å². The van der Waals surface area contributed by atoms with Gasteiger partial charge >= 0.3 is 0 Å². The van der Waals surface area contributed by atoms with Crippen molar-refractivity contribution in [1.29, 1.82) is 0 Å². The van der Waals surface area contributed by atoms with Crippen molar-refractivity contribution < 1.29 is 9.84 Å². The number of aromatic hydroxyl groups is 1. The van der Waals surface area contributed by atoms with Gasteiger partial charge in [0, 0.05) is 35.9 Å². The molecule has 2 aliphatic rings. The van der Waals surface area contributed by atoms with Gasteiger partial charge in [-0.1, -0.05) is 29.8 Å². The molecular weight excluding hydrogens is 356 g/mol. The van der Waals surface area contributed by atoms with Crippen molar-refractivity contribution in [3.63, 3.8) is 0 Å². The molecule has 2 aromatic rings. The Balaban J connectivity index is 1.87. The third-order valence-corrected chi connectivity index (χ3v) is 5.69. The summed E-state index contributed by atoms with van der Waals surface area (Å²) < 4.78 is 6.51. The maximum Gasteiger partial charge on any atom is 0.185 e. The summed E-state index contributed by atoms with van der Waals surface area (Å²) >= 11 is 5.48. The molecule has 3 N–H and O–H groups in total. The Morgan fingerprint density at radius 1 is 1.15 bits per heavy atom. The van der Waals surface area contributed by atoms with Gasteiger partial charge < -0.3 is 20.5 Å². The van der Waals surface area contributed by atoms with Crippen LogP contribution >= 0.6 is 12.2 Å². The Bertz CT molecular complexity index is 925. The molecule has 0 aliphatic carbocycles. The van der Waals surface area contributed by atoms with Crippen molar-refractivity contribution in [3.05, 3.63) is 58.7 Å². The number of thiocarbonyl (C=S) groups is 1. The van der Waals surface area contributed by atoms with E-state index in [-0.39, 0.29) is 17.2 Å². The highest BCUT2D eigenvalue weighted by Crippen LogP contribution is 2.49. The molecule has 27 heavy (non-hydrogen) atoms. The van der Waals surface area contributed by atoms with Crippen LogP contribution in [0, 0.1) is 13.8 Å². The van der Waals surface area contributed by atoms with Gasteiger partial charge in [-0.25, -0.2) is 0 Å². The summed E-state index contributed by atoms with van der Waals surface area (Å²) in [6.07, 6.45) is 1.54. The standard InChI is InChI=1S/C22H26N2O2S/c1-13-6-5-7-15(8-13)17-11-22(12-21(3,4)23-20(27)24-22)26-18-10-16(25)9-14(2)19(17)18/h5-10,17,25H,11-12H2,1-4H3,(H2,23,24,27). The van der Waals surface area contributed by atoms with Crippen LogP contribution in [0.5, 0.6) is 11.5 Å². The van der Waals surface area contributed by atoms with E-state index in [1.54, 1.807) is 6.07 Å². The quantitative estimate of drug-likeness (QED) is 0.643. The third-order valence-electron chi connectivity index (χ3n) is 5.49. The smallest absolute Gasteiger partial charge is 0.185 e. The second-order valence-electron chi connectivity index (χ2n) is 8.58. The number of ether oxygens (including phenoxy) is 1. The molecular formula is C22H26N2O2S. The third kappa shape index (κ3) is 3.36. The van der Waals surface area contributed by atoms with Crippen molar-refractivity contribution in [2.45, 2.75) is 57.7 Å². The maximum absolute atomic E-state index is 10.2. The van der Waals surface area contributed by atoms with Gasteiger partial charge in [-0.3, -0.25) is 0 Å². The Morgan fingerprint density at radius 3 is 2.63 bits per heavy atom. The molecule has 0 saturated carbocycles. The predicted octanol–water partition coefficient (Wildman–Crippen LogP) is 4.27. The molecule has 1 saturated heterocycles. The molecule has 2 unspecified atom stereocenters. The summed E-state index contributed by atoms with van der Waals surface area (Å²) in [6, 6.07) is 12.2. The highest BCUT2D eigenvalue weighted by atomic mass is 32.1. The van der Waals surface area contributed by atoms with Gasteiger partial charge in [-0.05, 0) is 57.1 Å². The van der Waals surface area contributed by atoms with Crippen LogP contribution in [0.25, 0.3) is 0 Å². The van der Waals surface area contributed by atoms with E-state index >= 15 is 0 Å². The predicted molar refractivity (Wildman–Crippen MR) is 111 cm³/mol. The van der Waals surface area contributed by atoms with Crippen molar-refractivity contribution in [2.75, 3.05) is 0 Å². The van der Waals surface area contributed by atoms with E-state index in [1.165, 1.54) is 11.1 Å². The number of aryl methyl sites for hydroxylation is 2. The lowest BCUT2D eigenvalue weighted by Gasteiger charge is -2.50. The molecule has 2 atom stereocenters. The number of benzene rings is 2. The number of hydrogen-bond donors (Lipinski definition) is 3. The monoisotopic (exact) mass is 382 g/mol. The van der Waals surface area contributed by atoms with E-state index in [0.717, 1.165) is 29.7 Å². The average molecular weight is 383 g/mol. The zero-order chi connectivity index (χ0) is 19.4. The van der Waals surface area contributed by atoms with Crippen LogP contribution in [-0.2, 0) is 0 Å². The second-order valence-corrected chi connectivity index (χ2v) is 8.99. The second kappa shape index (κ2) is 6.13. The highest BCUT2D eigenvalue weighted by molar-refractivity contribution is 7.80. The van der Waals surface area contributed by atoms with Crippen molar-refractivity contribution in [2.24, 2.45) is 0 Å². The molecule has 0 radical (unpaired) electrons. The zero-order valence-corrected chi connectivity index (χ0v) is 17.0. The van der Waals surface area contributed by atoms with Crippen molar-refractivity contribution in [3.8, 4) is 11.5 Å². The number of phenols is 1. The van der Waals surface area contributed by atoms with Gasteiger partial charge in [0.15, 0.2) is 10.8 Å². The SMILES string of the molecule is Cc1cccc(C2CC3(CC(C)(C)NC(=S)N3)Oc3cc(O)cc(C)c32)c1. The van der Waals surface area contributed by atoms with Crippen LogP contribution in [-0.4, -0.2) is 21.5 Å². The molecule has 0 bridgehead atoms. The van der Waals surface area contributed by atoms with Gasteiger partial charge in [0.05, 0.1) is 0 Å². The topological polar surface area (TPSA) is 53.5 Å². The zero-order valence-electron chi connectivity index (χ0n) is 16.2. The summed E-state index contributed by atoms with van der Waals surface area (Å²) in [5.74, 6) is 1.12. The minimum absolute atomic E-state index is 0.165. The summed E-state index contributed by atoms with van der Waals surface area (Å²) in [5, 5.41) is 17.5. The molecule has 2 aliphatic heterocycles. The molecule has 142 valence electrons. The van der Waals surface area contributed by atoms with Crippen LogP contribution in [0.2, 0.25) is 0 Å². The summed E-state index contributed by atoms with van der Waals surface area (Å²) in [5.41, 5.74) is 3.91. The first-order valence-corrected chi connectivity index (χ1v) is 9.77. The highest BCUT2D eigenvalue weighted by Gasteiger charge is 2.49. The maximum atomic E-state index is 10.2. The molecule has 1 fully saturated rings. The summed E-state index contributed by atoms with van der Waals surface area (Å²) in [7, 11) is 0. The first-order valence-electron chi connectivity index (χ1n) is 9.36. The van der Waals surface area contributed by atoms with E-state index in [0.29, 0.717) is 5.11 Å². The Kier molecular flexibility index (Phi) is 4.11. The van der Waals surface area contributed by atoms with Gasteiger partial charge in [0.25, 0.3) is 0 Å². The molecule has 5 heteroatoms. The molecule has 2 aromatic carbocycles. The number of hydrogen-bond acceptors (Lipinski definition) is 3. The lowest BCUT2D eigenvalue weighted by Crippen LogP contribution is -2.69. The molecule has 4 rings (SSSR count). The van der Waals surface area contributed by atoms with Gasteiger partial charge in [-0.15, -0.1) is 0 Å². The number of rotatable bonds is 1. The van der Waals surface area contributed by atoms with Crippen LogP contribution < -0.4 is 15.4 Å². The summed E-state index contributed by atoms with van der Waals surface area (Å²) in [6.45, 7) is 8.42. The first kappa shape index (κ1) is 18.1. The number of fused-ring (bicyclic) bond motifs is 1. The van der Waals surface area contributed by atoms with Crippen LogP contribution in [0.15, 0.2) is 36.4 Å². The minimum Gasteiger partial charge on any atom is -0.508 e. The molecule has 4 nitrogen and oxygen atoms in total. The van der Waals surface area contributed by atoms with E-state index in [1.807, 2.05) is 13.0 Å². The molecule has 0 amide bonds. The number of nitrogens with one attached hydrogen (secondary N) is 2. The fraction of sp³-hybridized carbons (Fsp3) is 0.409. The largest absolute Gasteiger partial charge is 0.508 e. The average Bonchev–Trinajstić information content (AvgIpc) is 2.51. The van der Waals surface area contributed by atoms with Gasteiger partial charge in [0.2, 0.25) is 0 Å². The van der Waals surface area contributed by atoms with Gasteiger partial charge in [0.1, 0.15) is 11.5 Å². The Morgan fingerprint density at radius 2 is 1.93 bits per heavy atom. The fourth-order valence-electron chi connectivity index (χ4n) is 4.67. The van der Waals surface area contributed by atoms with Crippen LogP contribution in [0.1, 0.15) is 54.9 Å². The van der Waals surface area contributed by atoms with E-state index in [9.17, 15) is 5.11 Å². The Hall–Kier alpha value is -2.27. The summed E-state index contributed by atoms with van der Waals surface area (Å²) in [4.78, 5) is 0. The Labute approximate surface area is 165 Å². The minimum atomic E-state index is -0.604. The molecule has 2 heterocycles. The lowest BCUT2D eigenvalue weighted by molar-refractivity contribution is -0.0130. The van der Waals surface area contributed by atoms with Gasteiger partial charge in [-0.2, -0.15) is 0 Å². The first-order chi connectivity index (χ1) is 12.7. The van der Waals surface area contributed by atoms with Crippen LogP contribution in [0.4, 0.5) is 0 Å². The fourth-order valence-corrected chi connectivity index (χ4v) is 5.13. The van der Waals surface area contributed by atoms with E-state index in [2.05, 4.69) is 55.7 Å². The molecule has 0 aromatic heterocycles. The lowest BCUT2D eigenvalue weighted by atomic mass is 9.76. The van der Waals surface area contributed by atoms with Crippen molar-refractivity contribution in [1.82, 2.24) is 10.6 Å². The van der Waals surface area contributed by atoms with E-state index < -0.39 is 5.72 Å².